The Morgan fingerprint density at radius 2 is 2.11 bits per heavy atom. The Morgan fingerprint density at radius 3 is 2.79 bits per heavy atom. The molecule has 0 bridgehead atoms. The second-order valence-electron chi connectivity index (χ2n) is 5.01. The summed E-state index contributed by atoms with van der Waals surface area (Å²) in [6.45, 7) is 2.98. The minimum absolute atomic E-state index is 0.384. The van der Waals surface area contributed by atoms with Gasteiger partial charge < -0.3 is 9.84 Å². The third-order valence-corrected chi connectivity index (χ3v) is 3.15. The van der Waals surface area contributed by atoms with Gasteiger partial charge >= 0.3 is 0 Å². The Balaban J connectivity index is 2.13. The van der Waals surface area contributed by atoms with Crippen LogP contribution in [0.15, 0.2) is 42.0 Å². The van der Waals surface area contributed by atoms with Crippen LogP contribution in [0.1, 0.15) is 41.4 Å². The molecular formula is C17H26O2. The molecule has 1 rings (SSSR count). The maximum absolute atomic E-state index is 9.18. The van der Waals surface area contributed by atoms with E-state index in [-0.39, 0.29) is 0 Å². The highest BCUT2D eigenvalue weighted by atomic mass is 16.5. The topological polar surface area (TPSA) is 29.5 Å². The number of rotatable bonds is 9. The smallest absolute Gasteiger partial charge is 0.0716 e. The van der Waals surface area contributed by atoms with Crippen LogP contribution in [0.2, 0.25) is 0 Å². The van der Waals surface area contributed by atoms with Crippen LogP contribution in [-0.4, -0.2) is 18.3 Å². The molecule has 0 amide bonds. The molecule has 0 aliphatic carbocycles. The second-order valence-corrected chi connectivity index (χ2v) is 5.01. The highest BCUT2D eigenvalue weighted by Gasteiger charge is 2.01. The lowest BCUT2D eigenvalue weighted by molar-refractivity contribution is 0.108. The molecule has 0 fully saturated rings. The SMILES string of the molecule is [2H]C([2H])(O)/C(C)=C/CCC(C)CCOCc1ccccc1. The minimum atomic E-state index is -2.19. The molecular weight excluding hydrogens is 236 g/mol. The van der Waals surface area contributed by atoms with Gasteiger partial charge in [-0.2, -0.15) is 0 Å². The highest BCUT2D eigenvalue weighted by Crippen LogP contribution is 2.12. The van der Waals surface area contributed by atoms with Crippen molar-refractivity contribution in [3.05, 3.63) is 47.5 Å². The van der Waals surface area contributed by atoms with Gasteiger partial charge in [-0.3, -0.25) is 0 Å². The lowest BCUT2D eigenvalue weighted by Gasteiger charge is -2.10. The summed E-state index contributed by atoms with van der Waals surface area (Å²) >= 11 is 0. The van der Waals surface area contributed by atoms with E-state index in [2.05, 4.69) is 19.1 Å². The van der Waals surface area contributed by atoms with Crippen molar-refractivity contribution in [1.82, 2.24) is 0 Å². The van der Waals surface area contributed by atoms with Crippen molar-refractivity contribution in [2.75, 3.05) is 13.2 Å². The summed E-state index contributed by atoms with van der Waals surface area (Å²) in [7, 11) is 0. The number of aliphatic hydroxyl groups is 1. The first-order valence-corrected chi connectivity index (χ1v) is 6.91. The fourth-order valence-corrected chi connectivity index (χ4v) is 1.82. The summed E-state index contributed by atoms with van der Waals surface area (Å²) in [6, 6.07) is 10.1. The lowest BCUT2D eigenvalue weighted by atomic mass is 10.0. The van der Waals surface area contributed by atoms with Gasteiger partial charge in [-0.15, -0.1) is 0 Å². The van der Waals surface area contributed by atoms with E-state index >= 15 is 0 Å². The molecule has 0 spiro atoms. The third-order valence-electron chi connectivity index (χ3n) is 3.15. The summed E-state index contributed by atoms with van der Waals surface area (Å²) in [6.07, 6.45) is 4.53. The first-order valence-electron chi connectivity index (χ1n) is 7.91. The Morgan fingerprint density at radius 1 is 1.37 bits per heavy atom. The van der Waals surface area contributed by atoms with Gasteiger partial charge in [0.1, 0.15) is 0 Å². The van der Waals surface area contributed by atoms with E-state index in [9.17, 15) is 5.11 Å². The van der Waals surface area contributed by atoms with Crippen molar-refractivity contribution in [2.24, 2.45) is 5.92 Å². The Hall–Kier alpha value is -1.12. The van der Waals surface area contributed by atoms with Gasteiger partial charge in [0.15, 0.2) is 0 Å². The molecule has 0 saturated heterocycles. The fourth-order valence-electron chi connectivity index (χ4n) is 1.82. The predicted molar refractivity (Wildman–Crippen MR) is 80.0 cm³/mol. The fraction of sp³-hybridized carbons (Fsp3) is 0.529. The molecule has 0 aromatic heterocycles. The minimum Gasteiger partial charge on any atom is -0.392 e. The number of hydrogen-bond acceptors (Lipinski definition) is 2. The number of ether oxygens (including phenoxy) is 1. The van der Waals surface area contributed by atoms with Gasteiger partial charge in [-0.25, -0.2) is 0 Å². The van der Waals surface area contributed by atoms with Crippen LogP contribution >= 0.6 is 0 Å². The van der Waals surface area contributed by atoms with E-state index in [1.165, 1.54) is 5.56 Å². The van der Waals surface area contributed by atoms with Crippen LogP contribution in [0.25, 0.3) is 0 Å². The zero-order chi connectivity index (χ0) is 15.7. The van der Waals surface area contributed by atoms with Crippen molar-refractivity contribution < 1.29 is 12.6 Å². The first kappa shape index (κ1) is 12.9. The maximum atomic E-state index is 9.18. The molecule has 0 radical (unpaired) electrons. The summed E-state index contributed by atoms with van der Waals surface area (Å²) < 4.78 is 20.0. The molecule has 0 aliphatic heterocycles. The predicted octanol–water partition coefficient (Wildman–Crippen LogP) is 3.95. The molecule has 106 valence electrons. The van der Waals surface area contributed by atoms with Crippen LogP contribution in [0.4, 0.5) is 0 Å². The number of benzene rings is 1. The zero-order valence-corrected chi connectivity index (χ0v) is 11.9. The molecule has 1 aromatic carbocycles. The van der Waals surface area contributed by atoms with Gasteiger partial charge in [0.05, 0.1) is 15.9 Å². The molecule has 1 atom stereocenters. The molecule has 0 aliphatic rings. The van der Waals surface area contributed by atoms with E-state index in [1.807, 2.05) is 18.2 Å². The van der Waals surface area contributed by atoms with Crippen LogP contribution in [0.3, 0.4) is 0 Å². The van der Waals surface area contributed by atoms with E-state index in [0.717, 1.165) is 25.9 Å². The van der Waals surface area contributed by atoms with Crippen molar-refractivity contribution >= 4 is 0 Å². The van der Waals surface area contributed by atoms with E-state index in [4.69, 9.17) is 7.48 Å². The molecule has 2 nitrogen and oxygen atoms in total. The maximum Gasteiger partial charge on any atom is 0.0716 e. The van der Waals surface area contributed by atoms with Gasteiger partial charge in [0.25, 0.3) is 0 Å². The van der Waals surface area contributed by atoms with E-state index in [1.54, 1.807) is 13.0 Å². The van der Waals surface area contributed by atoms with E-state index < -0.39 is 6.56 Å². The first-order chi connectivity index (χ1) is 9.89. The standard InChI is InChI=1S/C17H26O2/c1-15(7-6-8-16(2)13-18)11-12-19-14-17-9-4-3-5-10-17/h3-5,8-10,15,18H,6-7,11-14H2,1-2H3/b16-8+/i13D2. The molecule has 2 heteroatoms. The van der Waals surface area contributed by atoms with Crippen molar-refractivity contribution in [3.8, 4) is 0 Å². The molecule has 1 N–H and O–H groups in total. The van der Waals surface area contributed by atoms with Gasteiger partial charge in [0.2, 0.25) is 0 Å². The Kier molecular flexibility index (Phi) is 6.62. The monoisotopic (exact) mass is 264 g/mol. The Labute approximate surface area is 119 Å². The van der Waals surface area contributed by atoms with Crippen LogP contribution in [0, 0.1) is 5.92 Å². The van der Waals surface area contributed by atoms with Crippen molar-refractivity contribution in [2.45, 2.75) is 39.7 Å². The van der Waals surface area contributed by atoms with E-state index in [0.29, 0.717) is 18.1 Å². The van der Waals surface area contributed by atoms with Crippen LogP contribution in [-0.2, 0) is 11.3 Å². The zero-order valence-electron chi connectivity index (χ0n) is 13.9. The highest BCUT2D eigenvalue weighted by molar-refractivity contribution is 5.13. The quantitative estimate of drug-likeness (QED) is 0.540. The normalized spacial score (nSPS) is 15.8. The summed E-state index contributed by atoms with van der Waals surface area (Å²) in [5, 5.41) is 9.18. The van der Waals surface area contributed by atoms with Gasteiger partial charge in [-0.05, 0) is 37.7 Å². The summed E-state index contributed by atoms with van der Waals surface area (Å²) in [5.41, 5.74) is 1.57. The second kappa shape index (κ2) is 9.76. The molecule has 19 heavy (non-hydrogen) atoms. The van der Waals surface area contributed by atoms with Gasteiger partial charge in [0, 0.05) is 6.61 Å². The third kappa shape index (κ3) is 7.81. The number of hydrogen-bond donors (Lipinski definition) is 1. The summed E-state index contributed by atoms with van der Waals surface area (Å²) in [5.74, 6) is 0.523. The summed E-state index contributed by atoms with van der Waals surface area (Å²) in [4.78, 5) is 0. The van der Waals surface area contributed by atoms with Crippen molar-refractivity contribution in [1.29, 1.82) is 0 Å². The average molecular weight is 264 g/mol. The molecule has 0 saturated carbocycles. The van der Waals surface area contributed by atoms with Crippen molar-refractivity contribution in [3.63, 3.8) is 0 Å². The molecule has 1 unspecified atom stereocenters. The number of allylic oxidation sites excluding steroid dienone is 1. The molecule has 0 heterocycles. The Bertz CT molecular complexity index is 424. The largest absolute Gasteiger partial charge is 0.392 e. The van der Waals surface area contributed by atoms with Gasteiger partial charge in [-0.1, -0.05) is 48.9 Å². The molecule has 1 aromatic rings. The van der Waals surface area contributed by atoms with Crippen LogP contribution < -0.4 is 0 Å². The lowest BCUT2D eigenvalue weighted by Crippen LogP contribution is -2.02. The average Bonchev–Trinajstić information content (AvgIpc) is 2.43. The van der Waals surface area contributed by atoms with Crippen LogP contribution in [0.5, 0.6) is 0 Å².